The zero-order valence-corrected chi connectivity index (χ0v) is 59.5. The Balaban J connectivity index is 0.000000117. The van der Waals surface area contributed by atoms with Gasteiger partial charge in [0, 0.05) is 163 Å². The van der Waals surface area contributed by atoms with Crippen LogP contribution in [0.25, 0.3) is 67.0 Å². The van der Waals surface area contributed by atoms with E-state index in [-0.39, 0.29) is 22.2 Å². The maximum Gasteiger partial charge on any atom is 0.260 e. The van der Waals surface area contributed by atoms with Crippen molar-refractivity contribution < 1.29 is 9.47 Å². The van der Waals surface area contributed by atoms with Gasteiger partial charge < -0.3 is 45.4 Å². The van der Waals surface area contributed by atoms with Crippen molar-refractivity contribution in [2.45, 2.75) is 52.6 Å². The van der Waals surface area contributed by atoms with Gasteiger partial charge in [-0.3, -0.25) is 50.8 Å². The summed E-state index contributed by atoms with van der Waals surface area (Å²) in [5.41, 5.74) is 12.0. The Hall–Kier alpha value is -11.2. The first-order valence-corrected chi connectivity index (χ1v) is 35.5. The van der Waals surface area contributed by atoms with Crippen LogP contribution in [-0.2, 0) is 0 Å². The van der Waals surface area contributed by atoms with E-state index in [9.17, 15) is 19.2 Å². The number of methoxy groups -OCH3 is 2. The summed E-state index contributed by atoms with van der Waals surface area (Å²) in [7, 11) is 5.06. The van der Waals surface area contributed by atoms with Crippen LogP contribution in [0.15, 0.2) is 178 Å². The van der Waals surface area contributed by atoms with Gasteiger partial charge in [-0.1, -0.05) is 6.07 Å². The summed E-state index contributed by atoms with van der Waals surface area (Å²) < 4.78 is 21.7. The Morgan fingerprint density at radius 1 is 0.524 bits per heavy atom. The molecule has 4 fully saturated rings. The normalized spacial score (nSPS) is 16.1. The van der Waals surface area contributed by atoms with Crippen LogP contribution in [0.5, 0.6) is 11.5 Å². The van der Waals surface area contributed by atoms with Crippen LogP contribution < -0.4 is 67.7 Å². The lowest BCUT2D eigenvalue weighted by atomic mass is 10.1. The van der Waals surface area contributed by atoms with Gasteiger partial charge in [0.25, 0.3) is 22.2 Å². The molecule has 0 saturated carbocycles. The van der Waals surface area contributed by atoms with Crippen molar-refractivity contribution in [3.8, 4) is 45.6 Å². The van der Waals surface area contributed by atoms with Gasteiger partial charge in [-0.15, -0.1) is 11.3 Å². The van der Waals surface area contributed by atoms with Gasteiger partial charge in [0.05, 0.1) is 75.0 Å². The molecule has 2 aromatic carbocycles. The van der Waals surface area contributed by atoms with Crippen LogP contribution in [0.4, 0.5) is 22.7 Å². The number of likely N-dealkylation sites (N-methyl/N-ethyl adjacent to an activating group) is 1. The van der Waals surface area contributed by atoms with E-state index < -0.39 is 0 Å². The third-order valence-electron chi connectivity index (χ3n) is 18.9. The second kappa shape index (κ2) is 30.6. The minimum Gasteiger partial charge on any atom is -0.493 e. The molecule has 4 aliphatic heterocycles. The standard InChI is InChI=1S/C23H23N5OS.C19H22N4O3.C17H20N6O.C16H18N6O/c1-15-24-20-11-16(4-6-21(20)30-15)19-12-23(29)28-14-18(5-7-22(28)25-19)27-10-9-26-8-2-3-17(26)13-27;1-20-8-9-21-14-5-7-18-22-15(11-19(24)23(18)12-14)13-4-6-16(25-2)17(10-13)26-3;1-12-8-21(6-5-18-12)14-3-4-15-20-16(7-17(24)23(15)10-14)22-9-13(2)19-11-22;1-12-9-21(11-18-12)15-8-16(23)22-10-13(2-3-14(22)19-15)20-6-4-17-5-7-20/h4-7,11-12,14,17H,2-3,8-10,13H2,1H3;4-7,10-12,20-21H,8-9H2,1-3H3;3-4,7,9-12,18H,5-6,8H2,1-2H3;2-3,8-11,17H,4-7H2,1H3/t17-;;12-;/m0.0./s1. The second-order valence-corrected chi connectivity index (χ2v) is 27.3. The summed E-state index contributed by atoms with van der Waals surface area (Å²) in [6.07, 6.45) is 17.1. The molecule has 27 nitrogen and oxygen atoms in total. The number of benzene rings is 2. The molecule has 530 valence electrons. The maximum absolute atomic E-state index is 12.9. The number of fused-ring (bicyclic) bond motifs is 6. The summed E-state index contributed by atoms with van der Waals surface area (Å²) in [4.78, 5) is 91.5. The van der Waals surface area contributed by atoms with Gasteiger partial charge in [-0.05, 0) is 133 Å². The fourth-order valence-corrected chi connectivity index (χ4v) is 14.3. The molecule has 0 radical (unpaired) electrons. The number of thiazole rings is 1. The van der Waals surface area contributed by atoms with E-state index in [2.05, 4.69) is 89.8 Å². The highest BCUT2D eigenvalue weighted by Gasteiger charge is 2.31. The molecule has 103 heavy (non-hydrogen) atoms. The molecule has 15 heterocycles. The molecule has 0 aliphatic carbocycles. The number of rotatable bonds is 13. The van der Waals surface area contributed by atoms with Crippen molar-refractivity contribution >= 4 is 66.9 Å². The molecular formula is C75H83N21O6S. The molecular weight excluding hydrogens is 1320 g/mol. The zero-order valence-electron chi connectivity index (χ0n) is 58.7. The molecule has 11 aromatic heterocycles. The van der Waals surface area contributed by atoms with Crippen molar-refractivity contribution in [1.82, 2.24) is 82.5 Å². The number of piperazine rings is 3. The minimum atomic E-state index is -0.142. The van der Waals surface area contributed by atoms with E-state index >= 15 is 0 Å². The highest BCUT2D eigenvalue weighted by Crippen LogP contribution is 2.33. The van der Waals surface area contributed by atoms with Crippen LogP contribution >= 0.6 is 11.3 Å². The molecule has 0 spiro atoms. The number of aromatic nitrogens is 13. The van der Waals surface area contributed by atoms with Crippen molar-refractivity contribution in [3.05, 3.63) is 217 Å². The molecule has 2 atom stereocenters. The molecule has 0 bridgehead atoms. The molecule has 4 N–H and O–H groups in total. The van der Waals surface area contributed by atoms with Crippen LogP contribution in [0.2, 0.25) is 0 Å². The number of anilines is 4. The summed E-state index contributed by atoms with van der Waals surface area (Å²) in [5.74, 6) is 2.40. The lowest BCUT2D eigenvalue weighted by Crippen LogP contribution is -2.50. The van der Waals surface area contributed by atoms with Gasteiger partial charge in [-0.2, -0.15) is 0 Å². The first-order chi connectivity index (χ1) is 50.1. The SMILES string of the molecule is CNCCNc1ccc2nc(-c3ccc(OC)c(OC)c3)cc(=O)n2c1.Cc1cn(-c2cc(=O)n3cc(N4CCNCC4)ccc3n2)cn1.Cc1cn(-c2cc(=O)n3cc(N4CCN[C@@H](C)C4)ccc3n2)cn1.Cc1nc2cc(-c3cc(=O)n4cc(N5CCN6CCC[C@H]6C5)ccc4n3)ccc2s1. The van der Waals surface area contributed by atoms with Crippen molar-refractivity contribution in [2.24, 2.45) is 0 Å². The lowest BCUT2D eigenvalue weighted by Gasteiger charge is -2.38. The van der Waals surface area contributed by atoms with Gasteiger partial charge in [0.2, 0.25) is 0 Å². The number of imidazole rings is 2. The van der Waals surface area contributed by atoms with E-state index in [1.54, 1.807) is 78.9 Å². The lowest BCUT2D eigenvalue weighted by molar-refractivity contribution is 0.231. The molecule has 13 aromatic rings. The largest absolute Gasteiger partial charge is 0.493 e. The monoisotopic (exact) mass is 1410 g/mol. The number of hydrogen-bond acceptors (Lipinski definition) is 22. The fraction of sp³-hybridized carbons (Fsp3) is 0.320. The summed E-state index contributed by atoms with van der Waals surface area (Å²) >= 11 is 1.68. The van der Waals surface area contributed by atoms with E-state index in [0.717, 1.165) is 139 Å². The first kappa shape index (κ1) is 68.9. The Labute approximate surface area is 597 Å². The molecule has 4 saturated heterocycles. The number of hydrogen-bond donors (Lipinski definition) is 4. The van der Waals surface area contributed by atoms with Crippen LogP contribution in [-0.4, -0.2) is 185 Å². The number of aryl methyl sites for hydroxylation is 3. The predicted molar refractivity (Wildman–Crippen MR) is 405 cm³/mol. The maximum atomic E-state index is 12.9. The third-order valence-corrected chi connectivity index (χ3v) is 19.8. The van der Waals surface area contributed by atoms with Crippen LogP contribution in [0.1, 0.15) is 36.2 Å². The fourth-order valence-electron chi connectivity index (χ4n) is 13.5. The Kier molecular flexibility index (Phi) is 20.5. The zero-order chi connectivity index (χ0) is 71.3. The topological polar surface area (TPSA) is 266 Å². The third kappa shape index (κ3) is 15.5. The minimum absolute atomic E-state index is 0.0501. The predicted octanol–water partition coefficient (Wildman–Crippen LogP) is 7.16. The van der Waals surface area contributed by atoms with E-state index in [0.29, 0.717) is 69.2 Å². The smallest absolute Gasteiger partial charge is 0.260 e. The van der Waals surface area contributed by atoms with Crippen molar-refractivity contribution in [2.75, 3.05) is 126 Å². The second-order valence-electron chi connectivity index (χ2n) is 26.0. The summed E-state index contributed by atoms with van der Waals surface area (Å²) in [6, 6.07) is 34.5. The Morgan fingerprint density at radius 2 is 1.07 bits per heavy atom. The van der Waals surface area contributed by atoms with Crippen LogP contribution in [0.3, 0.4) is 0 Å². The first-order valence-electron chi connectivity index (χ1n) is 34.7. The van der Waals surface area contributed by atoms with E-state index in [1.807, 2.05) is 126 Å². The van der Waals surface area contributed by atoms with Gasteiger partial charge in [0.15, 0.2) is 11.5 Å². The number of ether oxygens (including phenoxy) is 2. The average molecular weight is 1410 g/mol. The van der Waals surface area contributed by atoms with Gasteiger partial charge in [-0.25, -0.2) is 34.9 Å². The number of nitrogens with zero attached hydrogens (tertiary/aromatic N) is 17. The Morgan fingerprint density at radius 3 is 1.65 bits per heavy atom. The molecule has 17 rings (SSSR count). The summed E-state index contributed by atoms with van der Waals surface area (Å²) in [5, 5.41) is 14.1. The molecule has 0 amide bonds. The van der Waals surface area contributed by atoms with E-state index in [4.69, 9.17) is 14.5 Å². The summed E-state index contributed by atoms with van der Waals surface area (Å²) in [6.45, 7) is 20.6. The molecule has 0 unspecified atom stereocenters. The number of pyridine rings is 4. The quantitative estimate of drug-likeness (QED) is 0.0834. The average Bonchev–Trinajstić information content (AvgIpc) is 1.72. The highest BCUT2D eigenvalue weighted by atomic mass is 32.1. The van der Waals surface area contributed by atoms with Gasteiger partial charge in [0.1, 0.15) is 46.9 Å². The molecule has 4 aliphatic rings. The van der Waals surface area contributed by atoms with E-state index in [1.165, 1.54) is 42.0 Å². The van der Waals surface area contributed by atoms with Crippen molar-refractivity contribution in [3.63, 3.8) is 0 Å². The highest BCUT2D eigenvalue weighted by molar-refractivity contribution is 7.18. The van der Waals surface area contributed by atoms with Crippen molar-refractivity contribution in [1.29, 1.82) is 0 Å². The van der Waals surface area contributed by atoms with Gasteiger partial charge >= 0.3 is 0 Å². The Bertz CT molecular complexity index is 5480. The number of nitrogens with one attached hydrogen (secondary N) is 4. The molecule has 28 heteroatoms. The van der Waals surface area contributed by atoms with Crippen LogP contribution in [0, 0.1) is 20.8 Å².